The molecule has 9 nitrogen and oxygen atoms in total. The first-order valence-corrected chi connectivity index (χ1v) is 8.39. The highest BCUT2D eigenvalue weighted by atomic mass is 16.5. The lowest BCUT2D eigenvalue weighted by atomic mass is 9.90. The maximum Gasteiger partial charge on any atom is 0.224 e. The predicted octanol–water partition coefficient (Wildman–Crippen LogP) is 0.969. The number of carbonyl (C=O) groups excluding carboxylic acids is 1. The molecular weight excluding hydrogens is 334 g/mol. The number of benzene rings is 1. The fourth-order valence-electron chi connectivity index (χ4n) is 3.28. The van der Waals surface area contributed by atoms with Gasteiger partial charge in [-0.15, -0.1) is 5.10 Å². The molecule has 1 unspecified atom stereocenters. The number of ether oxygens (including phenoxy) is 1. The number of aromatic amines is 1. The van der Waals surface area contributed by atoms with E-state index in [9.17, 15) is 4.79 Å². The molecule has 1 amide bonds. The van der Waals surface area contributed by atoms with Gasteiger partial charge in [-0.1, -0.05) is 12.1 Å². The molecule has 0 saturated carbocycles. The molecule has 9 heteroatoms. The van der Waals surface area contributed by atoms with E-state index in [1.807, 2.05) is 29.2 Å². The molecule has 0 aliphatic carbocycles. The van der Waals surface area contributed by atoms with Crippen LogP contribution in [-0.4, -0.2) is 54.6 Å². The van der Waals surface area contributed by atoms with Crippen molar-refractivity contribution in [3.8, 4) is 5.75 Å². The predicted molar refractivity (Wildman–Crippen MR) is 91.3 cm³/mol. The van der Waals surface area contributed by atoms with E-state index in [0.29, 0.717) is 26.1 Å². The lowest BCUT2D eigenvalue weighted by molar-refractivity contribution is -0.132. The molecule has 4 rings (SSSR count). The summed E-state index contributed by atoms with van der Waals surface area (Å²) in [4.78, 5) is 22.2. The molecule has 2 aromatic heterocycles. The zero-order valence-electron chi connectivity index (χ0n) is 14.4. The average molecular weight is 353 g/mol. The zero-order chi connectivity index (χ0) is 17.9. The third kappa shape index (κ3) is 3.15. The summed E-state index contributed by atoms with van der Waals surface area (Å²) in [6.07, 6.45) is 3.54. The Morgan fingerprint density at radius 1 is 1.42 bits per heavy atom. The van der Waals surface area contributed by atoms with Gasteiger partial charge in [-0.3, -0.25) is 4.79 Å². The number of carbonyl (C=O) groups is 1. The van der Waals surface area contributed by atoms with Gasteiger partial charge in [-0.2, -0.15) is 0 Å². The zero-order valence-corrected chi connectivity index (χ0v) is 14.4. The number of hydrogen-bond donors (Lipinski definition) is 1. The molecule has 1 atom stereocenters. The highest BCUT2D eigenvalue weighted by Gasteiger charge is 2.31. The largest absolute Gasteiger partial charge is 0.497 e. The lowest BCUT2D eigenvalue weighted by Gasteiger charge is -2.32. The van der Waals surface area contributed by atoms with Crippen LogP contribution in [-0.2, 0) is 17.9 Å². The minimum Gasteiger partial charge on any atom is -0.497 e. The number of tetrazole rings is 1. The first-order valence-electron chi connectivity index (χ1n) is 8.39. The van der Waals surface area contributed by atoms with Crippen molar-refractivity contribution in [1.29, 1.82) is 0 Å². The van der Waals surface area contributed by atoms with Crippen molar-refractivity contribution < 1.29 is 9.53 Å². The smallest absolute Gasteiger partial charge is 0.224 e. The van der Waals surface area contributed by atoms with Crippen molar-refractivity contribution in [3.05, 3.63) is 53.9 Å². The van der Waals surface area contributed by atoms with Crippen molar-refractivity contribution in [2.24, 2.45) is 0 Å². The van der Waals surface area contributed by atoms with E-state index in [2.05, 4.69) is 25.5 Å². The van der Waals surface area contributed by atoms with Crippen LogP contribution < -0.4 is 4.74 Å². The van der Waals surface area contributed by atoms with E-state index in [0.717, 1.165) is 22.7 Å². The molecule has 1 aliphatic rings. The number of hydrogen-bond acceptors (Lipinski definition) is 6. The Kier molecular flexibility index (Phi) is 4.34. The summed E-state index contributed by atoms with van der Waals surface area (Å²) in [5.41, 5.74) is 3.04. The van der Waals surface area contributed by atoms with E-state index in [1.165, 1.54) is 6.33 Å². The summed E-state index contributed by atoms with van der Waals surface area (Å²) in [5, 5.41) is 11.0. The van der Waals surface area contributed by atoms with E-state index in [-0.39, 0.29) is 11.8 Å². The van der Waals surface area contributed by atoms with Crippen molar-refractivity contribution in [3.63, 3.8) is 0 Å². The Labute approximate surface area is 150 Å². The maximum atomic E-state index is 12.7. The number of aromatic nitrogens is 6. The van der Waals surface area contributed by atoms with Crippen LogP contribution in [0, 0.1) is 0 Å². The minimum absolute atomic E-state index is 0.0112. The number of nitrogens with one attached hydrogen (secondary N) is 1. The number of methoxy groups -OCH3 is 1. The van der Waals surface area contributed by atoms with E-state index >= 15 is 0 Å². The quantitative estimate of drug-likeness (QED) is 0.733. The van der Waals surface area contributed by atoms with Gasteiger partial charge < -0.3 is 14.6 Å². The highest BCUT2D eigenvalue weighted by molar-refractivity contribution is 5.76. The van der Waals surface area contributed by atoms with Gasteiger partial charge in [0.2, 0.25) is 5.91 Å². The third-order valence-electron chi connectivity index (χ3n) is 4.63. The topological polar surface area (TPSA) is 102 Å². The van der Waals surface area contributed by atoms with Crippen molar-refractivity contribution in [1.82, 2.24) is 35.1 Å². The van der Waals surface area contributed by atoms with Crippen LogP contribution in [0.3, 0.4) is 0 Å². The van der Waals surface area contributed by atoms with Gasteiger partial charge in [0.05, 0.1) is 37.9 Å². The van der Waals surface area contributed by atoms with Gasteiger partial charge in [0, 0.05) is 18.9 Å². The van der Waals surface area contributed by atoms with E-state index in [4.69, 9.17) is 4.74 Å². The summed E-state index contributed by atoms with van der Waals surface area (Å²) in [6.45, 7) is 1.58. The Bertz CT molecular complexity index is 890. The van der Waals surface area contributed by atoms with Crippen LogP contribution in [0.25, 0.3) is 0 Å². The van der Waals surface area contributed by atoms with Gasteiger partial charge >= 0.3 is 0 Å². The molecular formula is C17H19N7O2. The summed E-state index contributed by atoms with van der Waals surface area (Å²) in [7, 11) is 1.65. The summed E-state index contributed by atoms with van der Waals surface area (Å²) in [6, 6.07) is 7.91. The van der Waals surface area contributed by atoms with Crippen LogP contribution >= 0.6 is 0 Å². The third-order valence-corrected chi connectivity index (χ3v) is 4.63. The summed E-state index contributed by atoms with van der Waals surface area (Å²) < 4.78 is 6.90. The monoisotopic (exact) mass is 353 g/mol. The molecule has 1 aromatic carbocycles. The minimum atomic E-state index is 0.0112. The fourth-order valence-corrected chi connectivity index (χ4v) is 3.28. The van der Waals surface area contributed by atoms with Crippen LogP contribution in [0.2, 0.25) is 0 Å². The molecule has 3 heterocycles. The Hall–Kier alpha value is -3.23. The molecule has 26 heavy (non-hydrogen) atoms. The van der Waals surface area contributed by atoms with Crippen LogP contribution in [0.1, 0.15) is 29.3 Å². The van der Waals surface area contributed by atoms with Gasteiger partial charge in [0.15, 0.2) is 0 Å². The first-order chi connectivity index (χ1) is 12.7. The Morgan fingerprint density at radius 2 is 2.35 bits per heavy atom. The summed E-state index contributed by atoms with van der Waals surface area (Å²) >= 11 is 0. The molecule has 0 bridgehead atoms. The first kappa shape index (κ1) is 16.2. The van der Waals surface area contributed by atoms with Gasteiger partial charge in [0.1, 0.15) is 12.1 Å². The van der Waals surface area contributed by atoms with Crippen molar-refractivity contribution in [2.75, 3.05) is 13.7 Å². The molecule has 0 saturated heterocycles. The van der Waals surface area contributed by atoms with Crippen LogP contribution in [0.4, 0.5) is 0 Å². The van der Waals surface area contributed by atoms with Gasteiger partial charge in [-0.25, -0.2) is 9.67 Å². The van der Waals surface area contributed by atoms with Crippen molar-refractivity contribution in [2.45, 2.75) is 25.4 Å². The molecule has 0 spiro atoms. The highest BCUT2D eigenvalue weighted by Crippen LogP contribution is 2.33. The number of H-pyrrole nitrogens is 1. The molecule has 134 valence electrons. The number of fused-ring (bicyclic) bond motifs is 1. The molecule has 0 fully saturated rings. The van der Waals surface area contributed by atoms with Gasteiger partial charge in [-0.05, 0) is 28.1 Å². The second-order valence-electron chi connectivity index (χ2n) is 6.19. The standard InChI is InChI=1S/C17H19N7O2/c1-26-13-4-2-3-12(7-13)14-8-23(9-15-17(14)19-10-18-15)16(25)5-6-24-11-20-21-22-24/h2-4,7,10-11,14H,5-6,8-9H2,1H3,(H,18,19). The maximum absolute atomic E-state index is 12.7. The number of imidazole rings is 1. The number of nitrogens with zero attached hydrogens (tertiary/aromatic N) is 6. The van der Waals surface area contributed by atoms with Gasteiger partial charge in [0.25, 0.3) is 0 Å². The second kappa shape index (κ2) is 6.95. The van der Waals surface area contributed by atoms with Crippen LogP contribution in [0.15, 0.2) is 36.9 Å². The average Bonchev–Trinajstić information content (AvgIpc) is 3.36. The fraction of sp³-hybridized carbons (Fsp3) is 0.353. The van der Waals surface area contributed by atoms with Crippen molar-refractivity contribution >= 4 is 5.91 Å². The summed E-state index contributed by atoms with van der Waals surface area (Å²) in [5.74, 6) is 0.868. The molecule has 3 aromatic rings. The molecule has 0 radical (unpaired) electrons. The molecule has 1 aliphatic heterocycles. The number of aryl methyl sites for hydroxylation is 1. The molecule has 1 N–H and O–H groups in total. The van der Waals surface area contributed by atoms with E-state index in [1.54, 1.807) is 18.1 Å². The Morgan fingerprint density at radius 3 is 3.15 bits per heavy atom. The second-order valence-corrected chi connectivity index (χ2v) is 6.19. The Balaban J connectivity index is 1.54. The van der Waals surface area contributed by atoms with Crippen LogP contribution in [0.5, 0.6) is 5.75 Å². The lowest BCUT2D eigenvalue weighted by Crippen LogP contribution is -2.39. The van der Waals surface area contributed by atoms with E-state index < -0.39 is 0 Å². The normalized spacial score (nSPS) is 16.3. The SMILES string of the molecule is COc1cccc(C2CN(C(=O)CCn3cnnn3)Cc3[nH]cnc32)c1. The number of amides is 1. The number of rotatable bonds is 5.